The number of aliphatic carboxylic acids is 1. The summed E-state index contributed by atoms with van der Waals surface area (Å²) in [4.78, 5) is 11.1. The van der Waals surface area contributed by atoms with Crippen molar-refractivity contribution in [3.8, 4) is 5.75 Å². The summed E-state index contributed by atoms with van der Waals surface area (Å²) in [6.07, 6.45) is 0.445. The topological polar surface area (TPSA) is 58.6 Å². The van der Waals surface area contributed by atoms with Crippen LogP contribution < -0.4 is 10.1 Å². The molecule has 0 spiro atoms. The maximum atomic E-state index is 11.1. The summed E-state index contributed by atoms with van der Waals surface area (Å²) in [7, 11) is 0. The monoisotopic (exact) mass is 279 g/mol. The summed E-state index contributed by atoms with van der Waals surface area (Å²) in [5.74, 6) is 0.0404. The van der Waals surface area contributed by atoms with Gasteiger partial charge in [0.2, 0.25) is 0 Å². The van der Waals surface area contributed by atoms with E-state index in [0.29, 0.717) is 13.0 Å². The first-order valence-corrected chi connectivity index (χ1v) is 7.01. The van der Waals surface area contributed by atoms with Gasteiger partial charge in [-0.05, 0) is 37.5 Å². The molecule has 4 nitrogen and oxygen atoms in total. The average molecular weight is 279 g/mol. The van der Waals surface area contributed by atoms with E-state index in [1.54, 1.807) is 0 Å². The van der Waals surface area contributed by atoms with Crippen LogP contribution in [0.5, 0.6) is 5.75 Å². The van der Waals surface area contributed by atoms with Gasteiger partial charge in [-0.3, -0.25) is 4.79 Å². The fourth-order valence-electron chi connectivity index (χ4n) is 2.11. The number of nitrogens with one attached hydrogen (secondary N) is 1. The van der Waals surface area contributed by atoms with E-state index in [1.165, 1.54) is 5.56 Å². The molecule has 0 saturated carbocycles. The van der Waals surface area contributed by atoms with Crippen molar-refractivity contribution in [1.29, 1.82) is 0 Å². The lowest BCUT2D eigenvalue weighted by Gasteiger charge is -2.19. The molecule has 0 bridgehead atoms. The SMILES string of the molecule is Cc1ccc(C)c(OCCC(NC(C)C)C(=O)O)c1C. The zero-order valence-electron chi connectivity index (χ0n) is 13.0. The molecule has 20 heavy (non-hydrogen) atoms. The van der Waals surface area contributed by atoms with Crippen LogP contribution in [-0.4, -0.2) is 29.8 Å². The van der Waals surface area contributed by atoms with Crippen molar-refractivity contribution in [2.75, 3.05) is 6.61 Å². The van der Waals surface area contributed by atoms with Crippen molar-refractivity contribution >= 4 is 5.97 Å². The van der Waals surface area contributed by atoms with Gasteiger partial charge in [-0.15, -0.1) is 0 Å². The predicted molar refractivity (Wildman–Crippen MR) is 80.5 cm³/mol. The second-order valence-corrected chi connectivity index (χ2v) is 5.50. The second-order valence-electron chi connectivity index (χ2n) is 5.50. The Morgan fingerprint density at radius 3 is 2.40 bits per heavy atom. The van der Waals surface area contributed by atoms with E-state index in [2.05, 4.69) is 11.4 Å². The predicted octanol–water partition coefficient (Wildman–Crippen LogP) is 2.83. The van der Waals surface area contributed by atoms with Crippen molar-refractivity contribution < 1.29 is 14.6 Å². The van der Waals surface area contributed by atoms with Crippen LogP contribution in [0.2, 0.25) is 0 Å². The summed E-state index contributed by atoms with van der Waals surface area (Å²) in [6, 6.07) is 3.66. The average Bonchev–Trinajstić information content (AvgIpc) is 2.36. The lowest BCUT2D eigenvalue weighted by molar-refractivity contribution is -0.140. The highest BCUT2D eigenvalue weighted by Crippen LogP contribution is 2.25. The molecule has 0 heterocycles. The molecule has 2 N–H and O–H groups in total. The first-order chi connectivity index (χ1) is 9.32. The molecule has 4 heteroatoms. The molecule has 1 aromatic rings. The number of carboxylic acids is 1. The van der Waals surface area contributed by atoms with E-state index in [0.717, 1.165) is 16.9 Å². The van der Waals surface area contributed by atoms with Crippen molar-refractivity contribution in [2.45, 2.75) is 53.1 Å². The first-order valence-electron chi connectivity index (χ1n) is 7.01. The van der Waals surface area contributed by atoms with Gasteiger partial charge in [0.1, 0.15) is 11.8 Å². The minimum absolute atomic E-state index is 0.138. The molecule has 0 saturated heterocycles. The van der Waals surface area contributed by atoms with E-state index in [9.17, 15) is 4.79 Å². The Morgan fingerprint density at radius 1 is 1.25 bits per heavy atom. The smallest absolute Gasteiger partial charge is 0.320 e. The molecule has 0 amide bonds. The van der Waals surface area contributed by atoms with Gasteiger partial charge in [-0.25, -0.2) is 0 Å². The van der Waals surface area contributed by atoms with E-state index >= 15 is 0 Å². The highest BCUT2D eigenvalue weighted by Gasteiger charge is 2.18. The van der Waals surface area contributed by atoms with Gasteiger partial charge in [0.05, 0.1) is 6.61 Å². The largest absolute Gasteiger partial charge is 0.493 e. The van der Waals surface area contributed by atoms with Crippen LogP contribution >= 0.6 is 0 Å². The standard InChI is InChI=1S/C16H25NO3/c1-10(2)17-14(16(18)19)8-9-20-15-12(4)7-6-11(3)13(15)5/h6-7,10,14,17H,8-9H2,1-5H3,(H,18,19). The Balaban J connectivity index is 2.63. The molecule has 0 aromatic heterocycles. The van der Waals surface area contributed by atoms with Crippen molar-refractivity contribution in [2.24, 2.45) is 0 Å². The Bertz CT molecular complexity index is 469. The van der Waals surface area contributed by atoms with Crippen LogP contribution in [0.4, 0.5) is 0 Å². The fourth-order valence-corrected chi connectivity index (χ4v) is 2.11. The summed E-state index contributed by atoms with van der Waals surface area (Å²) >= 11 is 0. The van der Waals surface area contributed by atoms with Crippen molar-refractivity contribution in [3.05, 3.63) is 28.8 Å². The van der Waals surface area contributed by atoms with Gasteiger partial charge in [0.25, 0.3) is 0 Å². The molecule has 1 unspecified atom stereocenters. The highest BCUT2D eigenvalue weighted by molar-refractivity contribution is 5.73. The van der Waals surface area contributed by atoms with Gasteiger partial charge in [0, 0.05) is 12.5 Å². The third-order valence-corrected chi connectivity index (χ3v) is 3.36. The number of benzene rings is 1. The Kier molecular flexibility index (Phi) is 6.02. The van der Waals surface area contributed by atoms with E-state index in [1.807, 2.05) is 40.7 Å². The van der Waals surface area contributed by atoms with Gasteiger partial charge in [-0.1, -0.05) is 26.0 Å². The zero-order chi connectivity index (χ0) is 15.3. The minimum Gasteiger partial charge on any atom is -0.493 e. The van der Waals surface area contributed by atoms with Gasteiger partial charge >= 0.3 is 5.97 Å². The summed E-state index contributed by atoms with van der Waals surface area (Å²) in [6.45, 7) is 10.3. The third-order valence-electron chi connectivity index (χ3n) is 3.36. The highest BCUT2D eigenvalue weighted by atomic mass is 16.5. The molecule has 0 aliphatic carbocycles. The van der Waals surface area contributed by atoms with E-state index in [4.69, 9.17) is 9.84 Å². The lowest BCUT2D eigenvalue weighted by Crippen LogP contribution is -2.41. The Morgan fingerprint density at radius 2 is 1.85 bits per heavy atom. The summed E-state index contributed by atoms with van der Waals surface area (Å²) in [5.41, 5.74) is 3.38. The molecule has 1 aromatic carbocycles. The minimum atomic E-state index is -0.833. The van der Waals surface area contributed by atoms with Crippen LogP contribution in [0.1, 0.15) is 37.0 Å². The van der Waals surface area contributed by atoms with Crippen molar-refractivity contribution in [1.82, 2.24) is 5.32 Å². The Hall–Kier alpha value is -1.55. The maximum Gasteiger partial charge on any atom is 0.320 e. The molecule has 0 radical (unpaired) electrons. The van der Waals surface area contributed by atoms with Gasteiger partial charge in [0.15, 0.2) is 0 Å². The van der Waals surface area contributed by atoms with E-state index < -0.39 is 12.0 Å². The van der Waals surface area contributed by atoms with Gasteiger partial charge in [-0.2, -0.15) is 0 Å². The molecule has 0 aliphatic heterocycles. The zero-order valence-corrected chi connectivity index (χ0v) is 13.0. The van der Waals surface area contributed by atoms with Crippen LogP contribution in [0, 0.1) is 20.8 Å². The number of rotatable bonds is 7. The molecular formula is C16H25NO3. The van der Waals surface area contributed by atoms with Crippen LogP contribution in [0.3, 0.4) is 0 Å². The summed E-state index contributed by atoms with van der Waals surface area (Å²) < 4.78 is 5.81. The molecule has 0 fully saturated rings. The number of carbonyl (C=O) groups is 1. The van der Waals surface area contributed by atoms with Crippen LogP contribution in [0.25, 0.3) is 0 Å². The fraction of sp³-hybridized carbons (Fsp3) is 0.562. The Labute approximate surface area is 121 Å². The first kappa shape index (κ1) is 16.5. The molecule has 1 atom stereocenters. The molecular weight excluding hydrogens is 254 g/mol. The van der Waals surface area contributed by atoms with Gasteiger partial charge < -0.3 is 15.2 Å². The second kappa shape index (κ2) is 7.29. The molecule has 1 rings (SSSR count). The number of ether oxygens (including phenoxy) is 1. The van der Waals surface area contributed by atoms with Crippen LogP contribution in [0.15, 0.2) is 12.1 Å². The lowest BCUT2D eigenvalue weighted by atomic mass is 10.1. The molecule has 112 valence electrons. The molecule has 0 aliphatic rings. The normalized spacial score (nSPS) is 12.5. The summed E-state index contributed by atoms with van der Waals surface area (Å²) in [5, 5.41) is 12.2. The quantitative estimate of drug-likeness (QED) is 0.806. The number of hydrogen-bond acceptors (Lipinski definition) is 3. The third kappa shape index (κ3) is 4.53. The van der Waals surface area contributed by atoms with Crippen LogP contribution in [-0.2, 0) is 4.79 Å². The number of carboxylic acid groups (broad SMARTS) is 1. The number of aryl methyl sites for hydroxylation is 2. The maximum absolute atomic E-state index is 11.1. The van der Waals surface area contributed by atoms with E-state index in [-0.39, 0.29) is 6.04 Å². The number of hydrogen-bond donors (Lipinski definition) is 2. The van der Waals surface area contributed by atoms with Crippen molar-refractivity contribution in [3.63, 3.8) is 0 Å².